The second-order valence-corrected chi connectivity index (χ2v) is 8.03. The largest absolute Gasteiger partial charge is 0.388 e. The quantitative estimate of drug-likeness (QED) is 0.700. The zero-order chi connectivity index (χ0) is 15.7. The van der Waals surface area contributed by atoms with Gasteiger partial charge in [-0.3, -0.25) is 9.59 Å². The number of Topliss-reactive ketones (excluding diaryl/α,β-unsaturated/α-hetero) is 1. The van der Waals surface area contributed by atoms with Crippen molar-refractivity contribution in [3.8, 4) is 0 Å². The van der Waals surface area contributed by atoms with E-state index in [9.17, 15) is 14.7 Å². The Bertz CT molecular complexity index is 629. The van der Waals surface area contributed by atoms with E-state index in [1.165, 1.54) is 11.1 Å². The average Bonchev–Trinajstić information content (AvgIpc) is 2.79. The first-order valence-corrected chi connectivity index (χ1v) is 8.55. The van der Waals surface area contributed by atoms with Crippen LogP contribution in [-0.2, 0) is 9.59 Å². The highest BCUT2D eigenvalue weighted by molar-refractivity contribution is 5.92. The number of allylic oxidation sites excluding steroid dienone is 3. The van der Waals surface area contributed by atoms with E-state index >= 15 is 0 Å². The van der Waals surface area contributed by atoms with Gasteiger partial charge in [-0.05, 0) is 50.5 Å². The number of hydrogen-bond acceptors (Lipinski definition) is 3. The van der Waals surface area contributed by atoms with Crippen LogP contribution in [0.15, 0.2) is 23.3 Å². The molecule has 5 atom stereocenters. The fourth-order valence-corrected chi connectivity index (χ4v) is 5.65. The predicted octanol–water partition coefficient (Wildman–Crippen LogP) is 2.98. The predicted molar refractivity (Wildman–Crippen MR) is 83.1 cm³/mol. The molecular formula is C19H24O3. The lowest BCUT2D eigenvalue weighted by molar-refractivity contribution is -0.133. The molecule has 0 amide bonds. The maximum Gasteiger partial charge on any atom is 0.155 e. The summed E-state index contributed by atoms with van der Waals surface area (Å²) in [6, 6.07) is 0. The van der Waals surface area contributed by atoms with Gasteiger partial charge in [0.25, 0.3) is 0 Å². The summed E-state index contributed by atoms with van der Waals surface area (Å²) >= 11 is 0. The van der Waals surface area contributed by atoms with Gasteiger partial charge in [0, 0.05) is 18.3 Å². The first kappa shape index (κ1) is 14.4. The van der Waals surface area contributed by atoms with Crippen molar-refractivity contribution in [2.75, 3.05) is 0 Å². The fourth-order valence-electron chi connectivity index (χ4n) is 5.65. The van der Waals surface area contributed by atoms with Gasteiger partial charge in [0.2, 0.25) is 0 Å². The third-order valence-electron chi connectivity index (χ3n) is 7.17. The minimum absolute atomic E-state index is 0.0786. The van der Waals surface area contributed by atoms with Crippen molar-refractivity contribution < 1.29 is 14.7 Å². The lowest BCUT2D eigenvalue weighted by Crippen LogP contribution is -2.50. The Kier molecular flexibility index (Phi) is 2.88. The van der Waals surface area contributed by atoms with Gasteiger partial charge in [-0.2, -0.15) is 0 Å². The number of aliphatic hydroxyl groups is 1. The molecule has 0 radical (unpaired) electrons. The van der Waals surface area contributed by atoms with E-state index in [0.717, 1.165) is 25.7 Å². The Balaban J connectivity index is 1.83. The van der Waals surface area contributed by atoms with E-state index in [1.54, 1.807) is 0 Å². The smallest absolute Gasteiger partial charge is 0.155 e. The standard InChI is InChI=1S/C19H24O3/c1-18-8-7-12(20)9-11(18)3-4-13-14-5-6-16(21)19(14,2)17(22)10-15(13)18/h9-10,13-14,17,22H,3-8H2,1-2H3/t13-,14-,17-,18-,19-/m0/s1. The van der Waals surface area contributed by atoms with Crippen LogP contribution in [0.2, 0.25) is 0 Å². The Hall–Kier alpha value is -1.22. The molecule has 0 aromatic carbocycles. The molecule has 2 fully saturated rings. The number of rotatable bonds is 0. The second-order valence-electron chi connectivity index (χ2n) is 8.03. The molecule has 4 aliphatic carbocycles. The molecule has 4 rings (SSSR count). The van der Waals surface area contributed by atoms with Crippen LogP contribution in [0.5, 0.6) is 0 Å². The van der Waals surface area contributed by atoms with E-state index in [0.29, 0.717) is 18.8 Å². The fraction of sp³-hybridized carbons (Fsp3) is 0.684. The molecule has 0 aliphatic heterocycles. The van der Waals surface area contributed by atoms with Crippen LogP contribution in [0.4, 0.5) is 0 Å². The minimum Gasteiger partial charge on any atom is -0.388 e. The van der Waals surface area contributed by atoms with E-state index in [4.69, 9.17) is 0 Å². The van der Waals surface area contributed by atoms with Crippen LogP contribution < -0.4 is 0 Å². The summed E-state index contributed by atoms with van der Waals surface area (Å²) in [6.07, 6.45) is 8.09. The van der Waals surface area contributed by atoms with Crippen molar-refractivity contribution in [3.05, 3.63) is 23.3 Å². The first-order valence-electron chi connectivity index (χ1n) is 8.55. The molecule has 2 saturated carbocycles. The van der Waals surface area contributed by atoms with Gasteiger partial charge >= 0.3 is 0 Å². The third kappa shape index (κ3) is 1.61. The summed E-state index contributed by atoms with van der Waals surface area (Å²) in [4.78, 5) is 24.1. The molecule has 118 valence electrons. The van der Waals surface area contributed by atoms with Gasteiger partial charge in [0.05, 0.1) is 11.5 Å². The van der Waals surface area contributed by atoms with Crippen molar-refractivity contribution in [2.45, 2.75) is 58.5 Å². The molecule has 1 N–H and O–H groups in total. The molecule has 0 unspecified atom stereocenters. The molecular weight excluding hydrogens is 276 g/mol. The summed E-state index contributed by atoms with van der Waals surface area (Å²) in [5.41, 5.74) is 1.88. The van der Waals surface area contributed by atoms with Crippen LogP contribution >= 0.6 is 0 Å². The molecule has 0 bridgehead atoms. The van der Waals surface area contributed by atoms with Gasteiger partial charge in [0.1, 0.15) is 5.78 Å². The highest BCUT2D eigenvalue weighted by atomic mass is 16.3. The Morgan fingerprint density at radius 3 is 2.68 bits per heavy atom. The molecule has 3 nitrogen and oxygen atoms in total. The van der Waals surface area contributed by atoms with E-state index in [-0.39, 0.29) is 22.9 Å². The Morgan fingerprint density at radius 1 is 1.14 bits per heavy atom. The van der Waals surface area contributed by atoms with E-state index in [1.807, 2.05) is 19.1 Å². The zero-order valence-electron chi connectivity index (χ0n) is 13.4. The van der Waals surface area contributed by atoms with Gasteiger partial charge in [-0.1, -0.05) is 24.1 Å². The Morgan fingerprint density at radius 2 is 1.91 bits per heavy atom. The highest BCUT2D eigenvalue weighted by Gasteiger charge is 2.59. The first-order chi connectivity index (χ1) is 10.4. The van der Waals surface area contributed by atoms with Crippen molar-refractivity contribution in [1.29, 1.82) is 0 Å². The molecule has 0 saturated heterocycles. The molecule has 4 aliphatic rings. The van der Waals surface area contributed by atoms with E-state index in [2.05, 4.69) is 6.92 Å². The lowest BCUT2D eigenvalue weighted by atomic mass is 9.51. The summed E-state index contributed by atoms with van der Waals surface area (Å²) < 4.78 is 0. The van der Waals surface area contributed by atoms with Crippen LogP contribution in [0, 0.1) is 22.7 Å². The van der Waals surface area contributed by atoms with Crippen molar-refractivity contribution in [3.63, 3.8) is 0 Å². The van der Waals surface area contributed by atoms with Crippen LogP contribution in [0.25, 0.3) is 0 Å². The number of fused-ring (bicyclic) bond motifs is 5. The molecule has 22 heavy (non-hydrogen) atoms. The number of aliphatic hydroxyl groups excluding tert-OH is 1. The number of ketones is 2. The number of carbonyl (C=O) groups excluding carboxylic acids is 2. The van der Waals surface area contributed by atoms with E-state index < -0.39 is 11.5 Å². The van der Waals surface area contributed by atoms with Gasteiger partial charge in [-0.25, -0.2) is 0 Å². The summed E-state index contributed by atoms with van der Waals surface area (Å²) in [7, 11) is 0. The van der Waals surface area contributed by atoms with Crippen molar-refractivity contribution >= 4 is 11.6 Å². The zero-order valence-corrected chi connectivity index (χ0v) is 13.4. The maximum absolute atomic E-state index is 12.4. The SMILES string of the molecule is C[C@]12CCC(=O)C=C1CC[C@@H]1C2=C[C@H](O)[C@]2(C)C(=O)CC[C@@H]12. The van der Waals surface area contributed by atoms with Gasteiger partial charge < -0.3 is 5.11 Å². The normalized spacial score (nSPS) is 47.3. The minimum atomic E-state index is -0.674. The number of hydrogen-bond donors (Lipinski definition) is 1. The topological polar surface area (TPSA) is 54.4 Å². The van der Waals surface area contributed by atoms with Crippen molar-refractivity contribution in [2.24, 2.45) is 22.7 Å². The second kappa shape index (κ2) is 4.41. The van der Waals surface area contributed by atoms with Gasteiger partial charge in [0.15, 0.2) is 5.78 Å². The van der Waals surface area contributed by atoms with Crippen LogP contribution in [0.3, 0.4) is 0 Å². The molecule has 3 heteroatoms. The monoisotopic (exact) mass is 300 g/mol. The van der Waals surface area contributed by atoms with Crippen LogP contribution in [0.1, 0.15) is 52.4 Å². The lowest BCUT2D eigenvalue weighted by Gasteiger charge is -2.53. The summed E-state index contributed by atoms with van der Waals surface area (Å²) in [6.45, 7) is 4.19. The molecule has 0 spiro atoms. The molecule has 0 aromatic rings. The summed E-state index contributed by atoms with van der Waals surface area (Å²) in [5, 5.41) is 10.7. The van der Waals surface area contributed by atoms with Gasteiger partial charge in [-0.15, -0.1) is 0 Å². The maximum atomic E-state index is 12.4. The highest BCUT2D eigenvalue weighted by Crippen LogP contribution is 2.62. The summed E-state index contributed by atoms with van der Waals surface area (Å²) in [5.74, 6) is 1.13. The average molecular weight is 300 g/mol. The molecule has 0 aromatic heterocycles. The van der Waals surface area contributed by atoms with Crippen LogP contribution in [-0.4, -0.2) is 22.8 Å². The van der Waals surface area contributed by atoms with Crippen molar-refractivity contribution in [1.82, 2.24) is 0 Å². The molecule has 0 heterocycles. The third-order valence-corrected chi connectivity index (χ3v) is 7.17. The number of carbonyl (C=O) groups is 2. The Labute approximate surface area is 131 Å².